The first-order chi connectivity index (χ1) is 9.64. The molecule has 3 rings (SSSR count). The van der Waals surface area contributed by atoms with Crippen LogP contribution < -0.4 is 9.64 Å². The van der Waals surface area contributed by atoms with Crippen LogP contribution in [0.5, 0.6) is 5.75 Å². The molecule has 2 aliphatic heterocycles. The lowest BCUT2D eigenvalue weighted by atomic mass is 10.1. The van der Waals surface area contributed by atoms with Gasteiger partial charge in [-0.25, -0.2) is 4.98 Å². The summed E-state index contributed by atoms with van der Waals surface area (Å²) >= 11 is 0. The van der Waals surface area contributed by atoms with Crippen molar-refractivity contribution in [3.05, 3.63) is 18.3 Å². The minimum atomic E-state index is -0.166. The number of pyridine rings is 1. The molecule has 5 nitrogen and oxygen atoms in total. The zero-order chi connectivity index (χ0) is 14.0. The van der Waals surface area contributed by atoms with Crippen LogP contribution >= 0.6 is 0 Å². The Hall–Kier alpha value is -1.33. The number of morpholine rings is 1. The van der Waals surface area contributed by atoms with E-state index in [2.05, 4.69) is 28.6 Å². The molecule has 20 heavy (non-hydrogen) atoms. The number of rotatable bonds is 3. The van der Waals surface area contributed by atoms with Crippen molar-refractivity contribution < 1.29 is 9.47 Å². The molecule has 3 heterocycles. The third kappa shape index (κ3) is 3.04. The van der Waals surface area contributed by atoms with Crippen molar-refractivity contribution in [1.29, 1.82) is 0 Å². The van der Waals surface area contributed by atoms with Gasteiger partial charge in [0.05, 0.1) is 19.8 Å². The summed E-state index contributed by atoms with van der Waals surface area (Å²) in [6.45, 7) is 10.9. The summed E-state index contributed by atoms with van der Waals surface area (Å²) in [4.78, 5) is 9.28. The van der Waals surface area contributed by atoms with Gasteiger partial charge < -0.3 is 14.4 Å². The van der Waals surface area contributed by atoms with Crippen LogP contribution in [0.1, 0.15) is 13.8 Å². The lowest BCUT2D eigenvalue weighted by Crippen LogP contribution is -2.50. The van der Waals surface area contributed by atoms with Crippen LogP contribution in [0.25, 0.3) is 0 Å². The number of anilines is 1. The lowest BCUT2D eigenvalue weighted by molar-refractivity contribution is 0.0380. The van der Waals surface area contributed by atoms with E-state index in [0.29, 0.717) is 0 Å². The van der Waals surface area contributed by atoms with Gasteiger partial charge >= 0.3 is 0 Å². The van der Waals surface area contributed by atoms with E-state index >= 15 is 0 Å². The standard InChI is InChI=1S/C15H23N3O2/c1-15(2)12-18(7-6-17-8-10-19-11-9-17)14-13(20-15)4-3-5-16-14/h3-5H,6-12H2,1-2H3. The van der Waals surface area contributed by atoms with E-state index in [0.717, 1.165) is 57.5 Å². The average molecular weight is 277 g/mol. The normalized spacial score (nSPS) is 22.2. The molecule has 0 spiro atoms. The largest absolute Gasteiger partial charge is 0.482 e. The van der Waals surface area contributed by atoms with Gasteiger partial charge in [0.2, 0.25) is 0 Å². The molecule has 110 valence electrons. The van der Waals surface area contributed by atoms with Gasteiger partial charge in [0.15, 0.2) is 11.6 Å². The van der Waals surface area contributed by atoms with Crippen LogP contribution in [-0.4, -0.2) is 61.4 Å². The fraction of sp³-hybridized carbons (Fsp3) is 0.667. The van der Waals surface area contributed by atoms with E-state index in [1.54, 1.807) is 0 Å². The van der Waals surface area contributed by atoms with Crippen LogP contribution in [0, 0.1) is 0 Å². The molecule has 1 aromatic heterocycles. The first-order valence-corrected chi connectivity index (χ1v) is 7.33. The quantitative estimate of drug-likeness (QED) is 0.835. The Morgan fingerprint density at radius 3 is 2.85 bits per heavy atom. The van der Waals surface area contributed by atoms with Gasteiger partial charge in [-0.15, -0.1) is 0 Å². The van der Waals surface area contributed by atoms with Crippen molar-refractivity contribution >= 4 is 5.82 Å². The highest BCUT2D eigenvalue weighted by atomic mass is 16.5. The van der Waals surface area contributed by atoms with Crippen LogP contribution in [0.15, 0.2) is 18.3 Å². The van der Waals surface area contributed by atoms with Crippen LogP contribution in [0.2, 0.25) is 0 Å². The molecule has 0 aromatic carbocycles. The lowest BCUT2D eigenvalue weighted by Gasteiger charge is -2.40. The maximum absolute atomic E-state index is 6.00. The molecular weight excluding hydrogens is 254 g/mol. The summed E-state index contributed by atoms with van der Waals surface area (Å²) in [6, 6.07) is 3.94. The zero-order valence-corrected chi connectivity index (χ0v) is 12.3. The van der Waals surface area contributed by atoms with Gasteiger partial charge in [-0.05, 0) is 26.0 Å². The van der Waals surface area contributed by atoms with Crippen molar-refractivity contribution in [3.63, 3.8) is 0 Å². The van der Waals surface area contributed by atoms with E-state index in [1.165, 1.54) is 0 Å². The molecule has 0 amide bonds. The topological polar surface area (TPSA) is 37.8 Å². The number of fused-ring (bicyclic) bond motifs is 1. The van der Waals surface area contributed by atoms with Gasteiger partial charge in [-0.3, -0.25) is 4.90 Å². The fourth-order valence-corrected chi connectivity index (χ4v) is 2.84. The Kier molecular flexibility index (Phi) is 3.81. The number of hydrogen-bond acceptors (Lipinski definition) is 5. The first-order valence-electron chi connectivity index (χ1n) is 7.33. The summed E-state index contributed by atoms with van der Waals surface area (Å²) < 4.78 is 11.4. The SMILES string of the molecule is CC1(C)CN(CCN2CCOCC2)c2ncccc2O1. The fourth-order valence-electron chi connectivity index (χ4n) is 2.84. The molecule has 0 aliphatic carbocycles. The number of nitrogens with zero attached hydrogens (tertiary/aromatic N) is 3. The highest BCUT2D eigenvalue weighted by Gasteiger charge is 2.32. The molecular formula is C15H23N3O2. The molecule has 5 heteroatoms. The first kappa shape index (κ1) is 13.6. The van der Waals surface area contributed by atoms with Crippen molar-refractivity contribution in [2.75, 3.05) is 50.8 Å². The van der Waals surface area contributed by atoms with E-state index in [1.807, 2.05) is 18.3 Å². The van der Waals surface area contributed by atoms with Gasteiger partial charge in [-0.1, -0.05) is 0 Å². The van der Waals surface area contributed by atoms with Crippen molar-refractivity contribution in [2.45, 2.75) is 19.4 Å². The predicted octanol–water partition coefficient (Wildman–Crippen LogP) is 1.39. The third-order valence-electron chi connectivity index (χ3n) is 3.80. The van der Waals surface area contributed by atoms with E-state index in [-0.39, 0.29) is 5.60 Å². The van der Waals surface area contributed by atoms with E-state index in [4.69, 9.17) is 9.47 Å². The Morgan fingerprint density at radius 1 is 1.25 bits per heavy atom. The Balaban J connectivity index is 1.68. The maximum Gasteiger partial charge on any atom is 0.171 e. The van der Waals surface area contributed by atoms with Crippen LogP contribution in [0.4, 0.5) is 5.82 Å². The molecule has 0 N–H and O–H groups in total. The Morgan fingerprint density at radius 2 is 2.05 bits per heavy atom. The second-order valence-electron chi connectivity index (χ2n) is 6.06. The molecule has 0 bridgehead atoms. The molecule has 0 saturated carbocycles. The minimum absolute atomic E-state index is 0.166. The monoisotopic (exact) mass is 277 g/mol. The maximum atomic E-state index is 6.00. The molecule has 1 aromatic rings. The minimum Gasteiger partial charge on any atom is -0.482 e. The summed E-state index contributed by atoms with van der Waals surface area (Å²) in [5, 5.41) is 0. The molecule has 0 radical (unpaired) electrons. The van der Waals surface area contributed by atoms with Crippen LogP contribution in [0.3, 0.4) is 0 Å². The number of hydrogen-bond donors (Lipinski definition) is 0. The summed E-state index contributed by atoms with van der Waals surface area (Å²) in [5.74, 6) is 1.87. The van der Waals surface area contributed by atoms with Gasteiger partial charge in [0.25, 0.3) is 0 Å². The Labute approximate surface area is 120 Å². The molecule has 1 fully saturated rings. The van der Waals surface area contributed by atoms with Gasteiger partial charge in [0, 0.05) is 32.4 Å². The second kappa shape index (κ2) is 5.58. The average Bonchev–Trinajstić information content (AvgIpc) is 2.45. The predicted molar refractivity (Wildman–Crippen MR) is 78.4 cm³/mol. The van der Waals surface area contributed by atoms with E-state index < -0.39 is 0 Å². The molecule has 2 aliphatic rings. The van der Waals surface area contributed by atoms with E-state index in [9.17, 15) is 0 Å². The number of ether oxygens (including phenoxy) is 2. The summed E-state index contributed by atoms with van der Waals surface area (Å²) in [5.41, 5.74) is -0.166. The Bertz CT molecular complexity index is 458. The summed E-state index contributed by atoms with van der Waals surface area (Å²) in [6.07, 6.45) is 1.84. The number of aromatic nitrogens is 1. The van der Waals surface area contributed by atoms with Gasteiger partial charge in [0.1, 0.15) is 5.60 Å². The highest BCUT2D eigenvalue weighted by Crippen LogP contribution is 2.34. The third-order valence-corrected chi connectivity index (χ3v) is 3.80. The molecule has 0 atom stereocenters. The summed E-state index contributed by atoms with van der Waals surface area (Å²) in [7, 11) is 0. The second-order valence-corrected chi connectivity index (χ2v) is 6.06. The smallest absolute Gasteiger partial charge is 0.171 e. The van der Waals surface area contributed by atoms with Crippen molar-refractivity contribution in [1.82, 2.24) is 9.88 Å². The zero-order valence-electron chi connectivity index (χ0n) is 12.3. The van der Waals surface area contributed by atoms with Crippen molar-refractivity contribution in [2.24, 2.45) is 0 Å². The van der Waals surface area contributed by atoms with Gasteiger partial charge in [-0.2, -0.15) is 0 Å². The van der Waals surface area contributed by atoms with Crippen LogP contribution in [-0.2, 0) is 4.74 Å². The molecule has 1 saturated heterocycles. The molecule has 0 unspecified atom stereocenters. The highest BCUT2D eigenvalue weighted by molar-refractivity contribution is 5.54. The van der Waals surface area contributed by atoms with Crippen molar-refractivity contribution in [3.8, 4) is 5.75 Å².